The highest BCUT2D eigenvalue weighted by Crippen LogP contribution is 2.63. The van der Waals surface area contributed by atoms with Crippen LogP contribution < -0.4 is 15.4 Å². The fourth-order valence-electron chi connectivity index (χ4n) is 4.94. The molecule has 7 nitrogen and oxygen atoms in total. The van der Waals surface area contributed by atoms with Gasteiger partial charge in [-0.2, -0.15) is 5.26 Å². The number of nitrogen functional groups attached to an aromatic ring is 1. The smallest absolute Gasteiger partial charge is 0.129 e. The maximum Gasteiger partial charge on any atom is 0.129 e. The molecule has 32 heavy (non-hydrogen) atoms. The molecular formula is C25H24N6O. The van der Waals surface area contributed by atoms with E-state index in [-0.39, 0.29) is 11.8 Å². The molecule has 2 fully saturated rings. The van der Waals surface area contributed by atoms with Gasteiger partial charge in [0.15, 0.2) is 0 Å². The zero-order valence-electron chi connectivity index (χ0n) is 17.8. The van der Waals surface area contributed by atoms with Crippen LogP contribution in [-0.4, -0.2) is 35.4 Å². The summed E-state index contributed by atoms with van der Waals surface area (Å²) in [5.41, 5.74) is 8.77. The lowest BCUT2D eigenvalue weighted by Crippen LogP contribution is -2.30. The molecule has 3 heterocycles. The number of nitrogens with two attached hydrogens (primary N) is 1. The third kappa shape index (κ3) is 3.07. The van der Waals surface area contributed by atoms with Crippen LogP contribution in [0.25, 0.3) is 0 Å². The van der Waals surface area contributed by atoms with Gasteiger partial charge in [-0.05, 0) is 49.4 Å². The fourth-order valence-corrected chi connectivity index (χ4v) is 4.94. The Morgan fingerprint density at radius 2 is 2.00 bits per heavy atom. The summed E-state index contributed by atoms with van der Waals surface area (Å²) in [7, 11) is 0. The Kier molecular flexibility index (Phi) is 4.78. The molecule has 2 atom stereocenters. The molecule has 0 bridgehead atoms. The number of rotatable bonds is 6. The van der Waals surface area contributed by atoms with Gasteiger partial charge in [0.1, 0.15) is 17.0 Å². The molecule has 1 aliphatic heterocycles. The molecule has 1 saturated heterocycles. The van der Waals surface area contributed by atoms with E-state index in [1.807, 2.05) is 43.3 Å². The molecular weight excluding hydrogens is 400 g/mol. The van der Waals surface area contributed by atoms with Crippen LogP contribution in [-0.2, 0) is 5.41 Å². The van der Waals surface area contributed by atoms with Gasteiger partial charge in [-0.15, -0.1) is 0 Å². The van der Waals surface area contributed by atoms with Crippen molar-refractivity contribution in [3.05, 3.63) is 77.7 Å². The minimum Gasteiger partial charge on any atom is -0.494 e. The number of anilines is 2. The molecule has 3 aromatic rings. The molecule has 160 valence electrons. The van der Waals surface area contributed by atoms with E-state index in [0.717, 1.165) is 30.2 Å². The Morgan fingerprint density at radius 3 is 2.69 bits per heavy atom. The minimum atomic E-state index is -0.490. The zero-order valence-corrected chi connectivity index (χ0v) is 17.8. The lowest BCUT2D eigenvalue weighted by atomic mass is 9.96. The first-order chi connectivity index (χ1) is 15.6. The first kappa shape index (κ1) is 20.0. The van der Waals surface area contributed by atoms with Gasteiger partial charge in [0.05, 0.1) is 24.1 Å². The number of nitriles is 1. The average molecular weight is 425 g/mol. The van der Waals surface area contributed by atoms with Crippen LogP contribution in [0.5, 0.6) is 5.75 Å². The van der Waals surface area contributed by atoms with Crippen LogP contribution in [0.15, 0.2) is 60.9 Å². The number of pyridine rings is 2. The maximum absolute atomic E-state index is 9.93. The van der Waals surface area contributed by atoms with Crippen molar-refractivity contribution in [1.29, 1.82) is 10.7 Å². The van der Waals surface area contributed by atoms with Crippen molar-refractivity contribution in [2.45, 2.75) is 12.3 Å². The Hall–Kier alpha value is -3.92. The molecule has 0 amide bonds. The van der Waals surface area contributed by atoms with Crippen molar-refractivity contribution >= 4 is 17.2 Å². The number of fused-ring (bicyclic) bond motifs is 1. The van der Waals surface area contributed by atoms with E-state index in [2.05, 4.69) is 20.9 Å². The Labute approximate surface area is 187 Å². The topological polar surface area (TPSA) is 112 Å². The van der Waals surface area contributed by atoms with Crippen LogP contribution in [0, 0.1) is 28.6 Å². The predicted molar refractivity (Wildman–Crippen MR) is 123 cm³/mol. The van der Waals surface area contributed by atoms with Crippen LogP contribution in [0.2, 0.25) is 0 Å². The third-order valence-corrected chi connectivity index (χ3v) is 6.62. The quantitative estimate of drug-likeness (QED) is 0.463. The number of nitrogens with one attached hydrogen (secondary N) is 1. The molecule has 0 radical (unpaired) electrons. The summed E-state index contributed by atoms with van der Waals surface area (Å²) in [6.07, 6.45) is 3.48. The maximum atomic E-state index is 9.93. The summed E-state index contributed by atoms with van der Waals surface area (Å²) in [5, 5.41) is 18.7. The molecule has 0 spiro atoms. The number of piperidine rings is 1. The SMILES string of the molecule is CCOc1ccc(N)c(C(=N)c2ccnc(N3CC4C(C3)C4(C#N)c3ccccn3)c2)c1. The number of benzene rings is 1. The van der Waals surface area contributed by atoms with Gasteiger partial charge in [-0.25, -0.2) is 4.98 Å². The summed E-state index contributed by atoms with van der Waals surface area (Å²) in [6.45, 7) is 3.98. The molecule has 1 saturated carbocycles. The highest BCUT2D eigenvalue weighted by atomic mass is 16.5. The first-order valence-corrected chi connectivity index (χ1v) is 10.7. The summed E-state index contributed by atoms with van der Waals surface area (Å²) in [5.74, 6) is 1.99. The van der Waals surface area contributed by atoms with Crippen LogP contribution in [0.3, 0.4) is 0 Å². The number of hydrogen-bond acceptors (Lipinski definition) is 7. The first-order valence-electron chi connectivity index (χ1n) is 10.7. The lowest BCUT2D eigenvalue weighted by molar-refractivity contribution is 0.340. The zero-order chi connectivity index (χ0) is 22.3. The van der Waals surface area contributed by atoms with E-state index in [9.17, 15) is 5.26 Å². The normalized spacial score (nSPS) is 23.3. The molecule has 2 aliphatic rings. The minimum absolute atomic E-state index is 0.242. The monoisotopic (exact) mass is 424 g/mol. The second kappa shape index (κ2) is 7.65. The van der Waals surface area contributed by atoms with Crippen molar-refractivity contribution < 1.29 is 4.74 Å². The second-order valence-corrected chi connectivity index (χ2v) is 8.27. The van der Waals surface area contributed by atoms with E-state index in [1.165, 1.54) is 0 Å². The van der Waals surface area contributed by atoms with Crippen LogP contribution >= 0.6 is 0 Å². The average Bonchev–Trinajstić information content (AvgIpc) is 3.20. The lowest BCUT2D eigenvalue weighted by Gasteiger charge is -2.24. The Bertz CT molecular complexity index is 1210. The van der Waals surface area contributed by atoms with Crippen molar-refractivity contribution in [2.75, 3.05) is 30.3 Å². The number of ether oxygens (including phenoxy) is 1. The third-order valence-electron chi connectivity index (χ3n) is 6.62. The summed E-state index contributed by atoms with van der Waals surface area (Å²) < 4.78 is 5.57. The molecule has 1 aromatic carbocycles. The van der Waals surface area contributed by atoms with Gasteiger partial charge in [0.25, 0.3) is 0 Å². The van der Waals surface area contributed by atoms with Gasteiger partial charge in [0.2, 0.25) is 0 Å². The van der Waals surface area contributed by atoms with Gasteiger partial charge >= 0.3 is 0 Å². The highest BCUT2D eigenvalue weighted by molar-refractivity contribution is 6.14. The summed E-state index contributed by atoms with van der Waals surface area (Å²) >= 11 is 0. The fraction of sp³-hybridized carbons (Fsp3) is 0.280. The van der Waals surface area contributed by atoms with E-state index >= 15 is 0 Å². The van der Waals surface area contributed by atoms with Crippen molar-refractivity contribution in [1.82, 2.24) is 9.97 Å². The second-order valence-electron chi connectivity index (χ2n) is 8.27. The van der Waals surface area contributed by atoms with E-state index in [4.69, 9.17) is 15.9 Å². The van der Waals surface area contributed by atoms with Crippen LogP contribution in [0.1, 0.15) is 23.7 Å². The van der Waals surface area contributed by atoms with Gasteiger partial charge in [-0.3, -0.25) is 10.4 Å². The van der Waals surface area contributed by atoms with Gasteiger partial charge < -0.3 is 15.4 Å². The van der Waals surface area contributed by atoms with E-state index < -0.39 is 5.41 Å². The number of aromatic nitrogens is 2. The van der Waals surface area contributed by atoms with Crippen molar-refractivity contribution in [3.8, 4) is 11.8 Å². The van der Waals surface area contributed by atoms with Gasteiger partial charge in [-0.1, -0.05) is 6.07 Å². The molecule has 3 N–H and O–H groups in total. The molecule has 2 aromatic heterocycles. The predicted octanol–water partition coefficient (Wildman–Crippen LogP) is 3.40. The highest BCUT2D eigenvalue weighted by Gasteiger charge is 2.71. The Balaban J connectivity index is 1.36. The molecule has 7 heteroatoms. The van der Waals surface area contributed by atoms with Crippen molar-refractivity contribution in [3.63, 3.8) is 0 Å². The van der Waals surface area contributed by atoms with E-state index in [0.29, 0.717) is 29.3 Å². The largest absolute Gasteiger partial charge is 0.494 e. The number of nitrogens with zero attached hydrogens (tertiary/aromatic N) is 4. The molecule has 2 unspecified atom stereocenters. The summed E-state index contributed by atoms with van der Waals surface area (Å²) in [4.78, 5) is 11.2. The van der Waals surface area contributed by atoms with E-state index in [1.54, 1.807) is 24.5 Å². The number of hydrogen-bond donors (Lipinski definition) is 2. The molecule has 1 aliphatic carbocycles. The standard InChI is InChI=1S/C25H24N6O/c1-2-32-17-6-7-21(27)18(12-17)24(28)16-8-10-30-23(11-16)31-13-19-20(14-31)25(19,15-26)22-5-3-4-9-29-22/h3-12,19-20,28H,2,13-14,27H2,1H3. The molecule has 5 rings (SSSR count). The Morgan fingerprint density at radius 1 is 1.19 bits per heavy atom. The summed E-state index contributed by atoms with van der Waals surface area (Å²) in [6, 6.07) is 17.4. The van der Waals surface area contributed by atoms with Gasteiger partial charge in [0, 0.05) is 54.1 Å². The van der Waals surface area contributed by atoms with Crippen molar-refractivity contribution in [2.24, 2.45) is 11.8 Å². The van der Waals surface area contributed by atoms with Crippen LogP contribution in [0.4, 0.5) is 11.5 Å².